The number of aromatic hydroxyl groups is 1. The molecule has 0 saturated heterocycles. The molecule has 2 rings (SSSR count). The van der Waals surface area contributed by atoms with Crippen LogP contribution in [0.1, 0.15) is 12.0 Å². The maximum atomic E-state index is 12.8. The molecular weight excluding hydrogens is 409 g/mol. The summed E-state index contributed by atoms with van der Waals surface area (Å²) in [5.41, 5.74) is 4.41. The summed E-state index contributed by atoms with van der Waals surface area (Å²) < 4.78 is 109. The molecule has 0 saturated carbocycles. The number of nitrogens with two attached hydrogens (primary N) is 1. The predicted molar refractivity (Wildman–Crippen MR) is 80.8 cm³/mol. The number of benzene rings is 2. The zero-order chi connectivity index (χ0) is 21.8. The molecule has 0 spiro atoms. The molecule has 0 radical (unpaired) electrons. The lowest BCUT2D eigenvalue weighted by Crippen LogP contribution is -2.20. The monoisotopic (exact) mass is 421 g/mol. The van der Waals surface area contributed by atoms with Crippen molar-refractivity contribution in [2.45, 2.75) is 24.9 Å². The molecule has 0 atom stereocenters. The molecule has 156 valence electrons. The van der Waals surface area contributed by atoms with Crippen LogP contribution in [0.4, 0.5) is 45.2 Å². The lowest BCUT2D eigenvalue weighted by molar-refractivity contribution is -0.232. The minimum atomic E-state index is -5.14. The highest BCUT2D eigenvalue weighted by Crippen LogP contribution is 2.39. The van der Waals surface area contributed by atoms with Crippen LogP contribution in [0.2, 0.25) is 0 Å². The third kappa shape index (κ3) is 8.73. The lowest BCUT2D eigenvalue weighted by Gasteiger charge is -2.14. The molecule has 0 aromatic heterocycles. The minimum Gasteiger partial charge on any atom is -0.508 e. The molecule has 0 aliphatic rings. The van der Waals surface area contributed by atoms with Crippen molar-refractivity contribution in [1.82, 2.24) is 0 Å². The molecule has 28 heavy (non-hydrogen) atoms. The standard InChI is InChI=1S/C13H10F3NO2.C3H2F6/c14-13(15,16)11-7-8(17)1-6-12(11)19-10-4-2-9(18)3-5-10;4-2(5,6)1-3(7,8)9/h1-7,18H,17H2;1H2. The Morgan fingerprint density at radius 1 is 0.786 bits per heavy atom. The number of rotatable bonds is 2. The van der Waals surface area contributed by atoms with Gasteiger partial charge in [-0.15, -0.1) is 0 Å². The molecule has 0 heterocycles. The number of hydrogen-bond donors (Lipinski definition) is 2. The molecule has 0 amide bonds. The number of alkyl halides is 9. The Kier molecular flexibility index (Phi) is 7.04. The summed E-state index contributed by atoms with van der Waals surface area (Å²) in [6, 6.07) is 8.67. The SMILES string of the molecule is FC(F)(F)CC(F)(F)F.Nc1ccc(Oc2ccc(O)cc2)c(C(F)(F)F)c1. The van der Waals surface area contributed by atoms with Crippen LogP contribution in [0.3, 0.4) is 0 Å². The average molecular weight is 421 g/mol. The van der Waals surface area contributed by atoms with Crippen molar-refractivity contribution >= 4 is 5.69 Å². The maximum Gasteiger partial charge on any atom is 0.420 e. The Morgan fingerprint density at radius 3 is 1.68 bits per heavy atom. The summed E-state index contributed by atoms with van der Waals surface area (Å²) >= 11 is 0. The van der Waals surface area contributed by atoms with E-state index in [1.807, 2.05) is 0 Å². The van der Waals surface area contributed by atoms with Crippen LogP contribution in [-0.4, -0.2) is 17.5 Å². The van der Waals surface area contributed by atoms with E-state index in [0.717, 1.165) is 12.1 Å². The summed E-state index contributed by atoms with van der Waals surface area (Å²) in [4.78, 5) is 0. The van der Waals surface area contributed by atoms with Gasteiger partial charge in [-0.2, -0.15) is 39.5 Å². The second-order valence-electron chi connectivity index (χ2n) is 5.26. The van der Waals surface area contributed by atoms with Crippen molar-refractivity contribution in [3.05, 3.63) is 48.0 Å². The van der Waals surface area contributed by atoms with Gasteiger partial charge in [0.2, 0.25) is 0 Å². The summed E-state index contributed by atoms with van der Waals surface area (Å²) in [5, 5.41) is 9.09. The number of anilines is 1. The molecule has 0 unspecified atom stereocenters. The van der Waals surface area contributed by atoms with Gasteiger partial charge in [0.25, 0.3) is 0 Å². The lowest BCUT2D eigenvalue weighted by atomic mass is 10.1. The number of nitrogen functional groups attached to an aromatic ring is 1. The van der Waals surface area contributed by atoms with Crippen molar-refractivity contribution in [2.24, 2.45) is 0 Å². The molecule has 12 heteroatoms. The first kappa shape index (κ1) is 23.2. The smallest absolute Gasteiger partial charge is 0.420 e. The number of phenols is 1. The van der Waals surface area contributed by atoms with Crippen molar-refractivity contribution in [1.29, 1.82) is 0 Å². The zero-order valence-corrected chi connectivity index (χ0v) is 13.6. The second-order valence-corrected chi connectivity index (χ2v) is 5.26. The van der Waals surface area contributed by atoms with Crippen molar-refractivity contribution < 1.29 is 49.4 Å². The number of halogens is 9. The number of ether oxygens (including phenoxy) is 1. The van der Waals surface area contributed by atoms with E-state index < -0.39 is 30.5 Å². The first-order chi connectivity index (χ1) is 12.6. The van der Waals surface area contributed by atoms with Gasteiger partial charge in [0, 0.05) is 5.69 Å². The third-order valence-electron chi connectivity index (χ3n) is 2.77. The van der Waals surface area contributed by atoms with E-state index in [2.05, 4.69) is 0 Å². The zero-order valence-electron chi connectivity index (χ0n) is 13.6. The second kappa shape index (κ2) is 8.48. The van der Waals surface area contributed by atoms with Crippen LogP contribution in [0.5, 0.6) is 17.2 Å². The van der Waals surface area contributed by atoms with E-state index >= 15 is 0 Å². The van der Waals surface area contributed by atoms with Gasteiger partial charge in [-0.25, -0.2) is 0 Å². The first-order valence-electron chi connectivity index (χ1n) is 7.14. The van der Waals surface area contributed by atoms with E-state index in [4.69, 9.17) is 15.6 Å². The van der Waals surface area contributed by atoms with Crippen molar-refractivity contribution in [2.75, 3.05) is 5.73 Å². The number of hydrogen-bond acceptors (Lipinski definition) is 3. The summed E-state index contributed by atoms with van der Waals surface area (Å²) in [7, 11) is 0. The Labute approximate surface area is 152 Å². The molecular formula is C16H12F9NO2. The van der Waals surface area contributed by atoms with E-state index in [1.165, 1.54) is 30.3 Å². The van der Waals surface area contributed by atoms with Gasteiger partial charge < -0.3 is 15.6 Å². The van der Waals surface area contributed by atoms with Crippen LogP contribution < -0.4 is 10.5 Å². The van der Waals surface area contributed by atoms with Crippen LogP contribution >= 0.6 is 0 Å². The van der Waals surface area contributed by atoms with Crippen molar-refractivity contribution in [3.8, 4) is 17.2 Å². The average Bonchev–Trinajstić information content (AvgIpc) is 2.47. The van der Waals surface area contributed by atoms with Gasteiger partial charge in [0.15, 0.2) is 0 Å². The molecule has 3 nitrogen and oxygen atoms in total. The largest absolute Gasteiger partial charge is 0.508 e. The fourth-order valence-electron chi connectivity index (χ4n) is 1.73. The highest BCUT2D eigenvalue weighted by Gasteiger charge is 2.43. The van der Waals surface area contributed by atoms with Gasteiger partial charge in [0.05, 0.1) is 0 Å². The van der Waals surface area contributed by atoms with Crippen LogP contribution in [0, 0.1) is 0 Å². The normalized spacial score (nSPS) is 12.2. The molecule has 0 aliphatic carbocycles. The van der Waals surface area contributed by atoms with Gasteiger partial charge in [-0.05, 0) is 42.5 Å². The topological polar surface area (TPSA) is 55.5 Å². The predicted octanol–water partition coefficient (Wildman–Crippen LogP) is 6.29. The van der Waals surface area contributed by atoms with E-state index in [9.17, 15) is 39.5 Å². The Balaban J connectivity index is 0.000000370. The van der Waals surface area contributed by atoms with Gasteiger partial charge in [-0.3, -0.25) is 0 Å². The Hall–Kier alpha value is -2.79. The summed E-state index contributed by atoms with van der Waals surface area (Å²) in [6.07, 6.45) is -17.5. The molecule has 2 aromatic carbocycles. The van der Waals surface area contributed by atoms with E-state index in [-0.39, 0.29) is 22.9 Å². The molecule has 3 N–H and O–H groups in total. The Morgan fingerprint density at radius 2 is 1.29 bits per heavy atom. The summed E-state index contributed by atoms with van der Waals surface area (Å²) in [6.45, 7) is 0. The fourth-order valence-corrected chi connectivity index (χ4v) is 1.73. The number of phenolic OH excluding ortho intramolecular Hbond substituents is 1. The molecule has 0 fully saturated rings. The molecule has 0 aliphatic heterocycles. The minimum absolute atomic E-state index is 0.000649. The Bertz CT molecular complexity index is 754. The molecule has 0 bridgehead atoms. The van der Waals surface area contributed by atoms with Crippen LogP contribution in [-0.2, 0) is 6.18 Å². The van der Waals surface area contributed by atoms with E-state index in [1.54, 1.807) is 0 Å². The van der Waals surface area contributed by atoms with Gasteiger partial charge in [-0.1, -0.05) is 0 Å². The van der Waals surface area contributed by atoms with Gasteiger partial charge in [0.1, 0.15) is 29.2 Å². The molecule has 2 aromatic rings. The highest BCUT2D eigenvalue weighted by atomic mass is 19.4. The first-order valence-corrected chi connectivity index (χ1v) is 7.14. The van der Waals surface area contributed by atoms with Crippen molar-refractivity contribution in [3.63, 3.8) is 0 Å². The fraction of sp³-hybridized carbons (Fsp3) is 0.250. The third-order valence-corrected chi connectivity index (χ3v) is 2.77. The van der Waals surface area contributed by atoms with E-state index in [0.29, 0.717) is 0 Å². The maximum absolute atomic E-state index is 12.8. The quantitative estimate of drug-likeness (QED) is 0.443. The van der Waals surface area contributed by atoms with Crippen LogP contribution in [0.25, 0.3) is 0 Å². The van der Waals surface area contributed by atoms with Crippen LogP contribution in [0.15, 0.2) is 42.5 Å². The van der Waals surface area contributed by atoms with Gasteiger partial charge >= 0.3 is 18.5 Å². The summed E-state index contributed by atoms with van der Waals surface area (Å²) in [5.74, 6) is -0.152. The highest BCUT2D eigenvalue weighted by molar-refractivity contribution is 5.50.